The van der Waals surface area contributed by atoms with Crippen LogP contribution < -0.4 is 0 Å². The molecule has 1 aliphatic rings. The number of aliphatic imine (C=N–C) groups is 1. The van der Waals surface area contributed by atoms with Crippen molar-refractivity contribution in [2.24, 2.45) is 4.99 Å². The highest BCUT2D eigenvalue weighted by Crippen LogP contribution is 1.98. The van der Waals surface area contributed by atoms with Gasteiger partial charge in [-0.25, -0.2) is 4.99 Å². The molecular weight excluding hydrogens is 97.0 g/mol. The van der Waals surface area contributed by atoms with Gasteiger partial charge in [0.25, 0.3) is 0 Å². The number of ether oxygens (including phenoxy) is 1. The summed E-state index contributed by atoms with van der Waals surface area (Å²) in [6.07, 6.45) is 0. The van der Waals surface area contributed by atoms with E-state index in [0.29, 0.717) is 0 Å². The molecular formula is C3H6NOP. The molecule has 0 N–H and O–H groups in total. The van der Waals surface area contributed by atoms with E-state index in [1.54, 1.807) is 0 Å². The summed E-state index contributed by atoms with van der Waals surface area (Å²) in [4.78, 5) is 3.89. The van der Waals surface area contributed by atoms with Crippen LogP contribution in [0.4, 0.5) is 0 Å². The monoisotopic (exact) mass is 103 g/mol. The second-order valence-electron chi connectivity index (χ2n) is 1.07. The van der Waals surface area contributed by atoms with Crippen molar-refractivity contribution in [3.8, 4) is 0 Å². The average Bonchev–Trinajstić information content (AvgIpc) is 1.86. The van der Waals surface area contributed by atoms with E-state index in [2.05, 4.69) is 14.2 Å². The van der Waals surface area contributed by atoms with Crippen molar-refractivity contribution < 1.29 is 4.74 Å². The minimum Gasteiger partial charge on any atom is -0.476 e. The molecule has 0 saturated heterocycles. The molecule has 0 spiro atoms. The first-order valence-corrected chi connectivity index (χ1v) is 2.40. The maximum atomic E-state index is 4.87. The van der Waals surface area contributed by atoms with Crippen molar-refractivity contribution >= 4 is 14.9 Å². The molecule has 3 heteroatoms. The van der Waals surface area contributed by atoms with Crippen LogP contribution in [-0.4, -0.2) is 18.8 Å². The van der Waals surface area contributed by atoms with E-state index >= 15 is 0 Å². The largest absolute Gasteiger partial charge is 0.476 e. The maximum absolute atomic E-state index is 4.87. The summed E-state index contributed by atoms with van der Waals surface area (Å²) in [5, 5.41) is 0. The van der Waals surface area contributed by atoms with Gasteiger partial charge in [-0.3, -0.25) is 0 Å². The van der Waals surface area contributed by atoms with Crippen LogP contribution in [0.5, 0.6) is 0 Å². The molecule has 2 nitrogen and oxygen atoms in total. The molecule has 1 atom stereocenters. The second kappa shape index (κ2) is 1.57. The molecule has 0 bridgehead atoms. The Kier molecular flexibility index (Phi) is 1.06. The van der Waals surface area contributed by atoms with Gasteiger partial charge in [0, 0.05) is 0 Å². The van der Waals surface area contributed by atoms with Gasteiger partial charge in [-0.2, -0.15) is 0 Å². The third-order valence-corrected chi connectivity index (χ3v) is 0.958. The molecule has 1 heterocycles. The van der Waals surface area contributed by atoms with Crippen LogP contribution in [0, 0.1) is 0 Å². The molecule has 0 aromatic carbocycles. The minimum absolute atomic E-state index is 0.745. The highest BCUT2D eigenvalue weighted by atomic mass is 31.0. The molecule has 1 aliphatic heterocycles. The summed E-state index contributed by atoms with van der Waals surface area (Å²) in [5.74, 6) is 0. The Morgan fingerprint density at radius 1 is 1.83 bits per heavy atom. The lowest BCUT2D eigenvalue weighted by atomic mass is 10.8. The van der Waals surface area contributed by atoms with Crippen molar-refractivity contribution in [2.45, 2.75) is 0 Å². The Morgan fingerprint density at radius 3 is 2.83 bits per heavy atom. The summed E-state index contributed by atoms with van der Waals surface area (Å²) in [5.41, 5.74) is 0.745. The first kappa shape index (κ1) is 4.07. The molecule has 0 aromatic rings. The van der Waals surface area contributed by atoms with Gasteiger partial charge < -0.3 is 4.74 Å². The first-order chi connectivity index (χ1) is 2.89. The summed E-state index contributed by atoms with van der Waals surface area (Å²) in [6.45, 7) is 1.59. The van der Waals surface area contributed by atoms with E-state index in [1.165, 1.54) is 0 Å². The van der Waals surface area contributed by atoms with Crippen LogP contribution in [0.25, 0.3) is 0 Å². The van der Waals surface area contributed by atoms with E-state index in [0.717, 1.165) is 18.8 Å². The van der Waals surface area contributed by atoms with E-state index in [1.807, 2.05) is 0 Å². The fraction of sp³-hybridized carbons (Fsp3) is 0.667. The zero-order chi connectivity index (χ0) is 4.41. The lowest BCUT2D eigenvalue weighted by Gasteiger charge is -1.85. The smallest absolute Gasteiger partial charge is 0.199 e. The summed E-state index contributed by atoms with van der Waals surface area (Å²) in [6, 6.07) is 0. The van der Waals surface area contributed by atoms with Gasteiger partial charge in [-0.05, 0) is 9.24 Å². The van der Waals surface area contributed by atoms with Gasteiger partial charge in [-0.15, -0.1) is 0 Å². The fourth-order valence-electron chi connectivity index (χ4n) is 0.352. The Hall–Kier alpha value is -0.100. The Bertz CT molecular complexity index is 80.9. The topological polar surface area (TPSA) is 21.6 Å². The van der Waals surface area contributed by atoms with Gasteiger partial charge in [0.1, 0.15) is 6.61 Å². The lowest BCUT2D eigenvalue weighted by Crippen LogP contribution is -1.85. The molecule has 0 amide bonds. The zero-order valence-corrected chi connectivity index (χ0v) is 4.50. The number of hydrogen-bond donors (Lipinski definition) is 0. The molecule has 0 saturated carbocycles. The van der Waals surface area contributed by atoms with Crippen molar-refractivity contribution in [3.63, 3.8) is 0 Å². The third kappa shape index (κ3) is 0.689. The van der Waals surface area contributed by atoms with Crippen LogP contribution in [0.15, 0.2) is 4.99 Å². The molecule has 0 fully saturated rings. The number of nitrogens with zero attached hydrogens (tertiary/aromatic N) is 1. The summed E-state index contributed by atoms with van der Waals surface area (Å²) >= 11 is 0. The number of rotatable bonds is 0. The van der Waals surface area contributed by atoms with Gasteiger partial charge in [0.2, 0.25) is 0 Å². The van der Waals surface area contributed by atoms with Crippen LogP contribution in [0.1, 0.15) is 0 Å². The Labute approximate surface area is 38.8 Å². The predicted octanol–water partition coefficient (Wildman–Crippen LogP) is 0.248. The zero-order valence-electron chi connectivity index (χ0n) is 3.35. The van der Waals surface area contributed by atoms with Crippen LogP contribution in [0.3, 0.4) is 0 Å². The van der Waals surface area contributed by atoms with Crippen LogP contribution >= 0.6 is 9.24 Å². The average molecular weight is 103 g/mol. The van der Waals surface area contributed by atoms with Gasteiger partial charge in [0.05, 0.1) is 6.54 Å². The van der Waals surface area contributed by atoms with Gasteiger partial charge >= 0.3 is 0 Å². The van der Waals surface area contributed by atoms with E-state index in [9.17, 15) is 0 Å². The second-order valence-corrected chi connectivity index (χ2v) is 1.56. The Morgan fingerprint density at radius 2 is 2.67 bits per heavy atom. The van der Waals surface area contributed by atoms with Crippen molar-refractivity contribution in [2.75, 3.05) is 13.2 Å². The lowest BCUT2D eigenvalue weighted by molar-refractivity contribution is 0.356. The molecule has 0 aliphatic carbocycles. The summed E-state index contributed by atoms with van der Waals surface area (Å²) in [7, 11) is 2.40. The Balaban J connectivity index is 2.45. The van der Waals surface area contributed by atoms with Crippen LogP contribution in [-0.2, 0) is 4.74 Å². The highest BCUT2D eigenvalue weighted by molar-refractivity contribution is 7.39. The van der Waals surface area contributed by atoms with E-state index in [4.69, 9.17) is 4.74 Å². The molecule has 6 heavy (non-hydrogen) atoms. The normalized spacial score (nSPS) is 19.8. The number of hydrogen-bond acceptors (Lipinski definition) is 2. The first-order valence-electron chi connectivity index (χ1n) is 1.82. The van der Waals surface area contributed by atoms with Crippen molar-refractivity contribution in [1.29, 1.82) is 0 Å². The maximum Gasteiger partial charge on any atom is 0.199 e. The quantitative estimate of drug-likeness (QED) is 0.402. The van der Waals surface area contributed by atoms with Gasteiger partial charge in [0.15, 0.2) is 5.64 Å². The predicted molar refractivity (Wildman–Crippen MR) is 28.0 cm³/mol. The third-order valence-electron chi connectivity index (χ3n) is 0.609. The summed E-state index contributed by atoms with van der Waals surface area (Å²) < 4.78 is 4.87. The van der Waals surface area contributed by atoms with Crippen molar-refractivity contribution in [3.05, 3.63) is 0 Å². The van der Waals surface area contributed by atoms with Crippen LogP contribution in [0.2, 0.25) is 0 Å². The minimum atomic E-state index is 0.745. The van der Waals surface area contributed by atoms with Gasteiger partial charge in [-0.1, -0.05) is 0 Å². The molecule has 0 aromatic heterocycles. The molecule has 1 rings (SSSR count). The standard InChI is InChI=1S/C3H6NOP/c6-3-4-1-2-5-3/h1-2,6H2. The van der Waals surface area contributed by atoms with E-state index in [-0.39, 0.29) is 0 Å². The molecule has 1 unspecified atom stereocenters. The fourth-order valence-corrected chi connectivity index (χ4v) is 0.599. The van der Waals surface area contributed by atoms with Crippen molar-refractivity contribution in [1.82, 2.24) is 0 Å². The highest BCUT2D eigenvalue weighted by Gasteiger charge is 1.96. The molecule has 0 radical (unpaired) electrons. The molecule has 34 valence electrons. The SMILES string of the molecule is PC1=NCCO1. The van der Waals surface area contributed by atoms with E-state index < -0.39 is 0 Å².